The van der Waals surface area contributed by atoms with Crippen LogP contribution in [0.15, 0.2) is 59.7 Å². The van der Waals surface area contributed by atoms with Crippen LogP contribution in [0.5, 0.6) is 0 Å². The van der Waals surface area contributed by atoms with E-state index >= 15 is 0 Å². The molecular weight excluding hydrogens is 355 g/mol. The van der Waals surface area contributed by atoms with Gasteiger partial charge in [0.2, 0.25) is 0 Å². The number of aromatic amines is 1. The second kappa shape index (κ2) is 8.82. The molecule has 7 heteroatoms. The zero-order valence-corrected chi connectivity index (χ0v) is 15.8. The van der Waals surface area contributed by atoms with Crippen LogP contribution in [0.1, 0.15) is 17.0 Å². The minimum absolute atomic E-state index is 0.228. The monoisotopic (exact) mass is 376 g/mol. The van der Waals surface area contributed by atoms with Gasteiger partial charge in [0, 0.05) is 26.2 Å². The Bertz CT molecular complexity index is 1000. The third-order valence-electron chi connectivity index (χ3n) is 4.29. The lowest BCUT2D eigenvalue weighted by atomic mass is 10.1. The van der Waals surface area contributed by atoms with E-state index in [1.54, 1.807) is 13.2 Å². The first-order chi connectivity index (χ1) is 13.6. The highest BCUT2D eigenvalue weighted by atomic mass is 19.1. The first kappa shape index (κ1) is 19.1. The summed E-state index contributed by atoms with van der Waals surface area (Å²) in [6.07, 6.45) is 1.80. The summed E-state index contributed by atoms with van der Waals surface area (Å²) in [7, 11) is 3.54. The quantitative estimate of drug-likeness (QED) is 0.529. The Morgan fingerprint density at radius 2 is 2.07 bits per heavy atom. The van der Waals surface area contributed by atoms with Gasteiger partial charge in [0.05, 0.1) is 30.1 Å². The van der Waals surface area contributed by atoms with E-state index in [2.05, 4.69) is 20.3 Å². The summed E-state index contributed by atoms with van der Waals surface area (Å²) in [6.45, 7) is 0.735. The molecule has 0 saturated heterocycles. The number of hydrogen-bond acceptors (Lipinski definition) is 3. The second-order valence-corrected chi connectivity index (χ2v) is 6.28. The highest BCUT2D eigenvalue weighted by Crippen LogP contribution is 2.16. The number of nitriles is 1. The topological polar surface area (TPSA) is 80.1 Å². The van der Waals surface area contributed by atoms with Crippen LogP contribution in [0, 0.1) is 17.1 Å². The van der Waals surface area contributed by atoms with Crippen molar-refractivity contribution >= 4 is 5.96 Å². The predicted octanol–water partition coefficient (Wildman–Crippen LogP) is 3.29. The van der Waals surface area contributed by atoms with Gasteiger partial charge in [0.15, 0.2) is 5.96 Å². The fourth-order valence-corrected chi connectivity index (χ4v) is 2.85. The van der Waals surface area contributed by atoms with E-state index in [1.807, 2.05) is 48.3 Å². The van der Waals surface area contributed by atoms with Gasteiger partial charge in [0.1, 0.15) is 11.6 Å². The number of halogens is 1. The number of benzene rings is 2. The molecule has 0 spiro atoms. The molecule has 6 nitrogen and oxygen atoms in total. The first-order valence-electron chi connectivity index (χ1n) is 8.80. The van der Waals surface area contributed by atoms with Crippen molar-refractivity contribution in [3.05, 3.63) is 77.5 Å². The molecule has 0 amide bonds. The van der Waals surface area contributed by atoms with Crippen LogP contribution in [0.2, 0.25) is 0 Å². The van der Waals surface area contributed by atoms with Crippen molar-refractivity contribution in [3.63, 3.8) is 0 Å². The van der Waals surface area contributed by atoms with E-state index in [-0.39, 0.29) is 12.4 Å². The summed E-state index contributed by atoms with van der Waals surface area (Å²) in [6, 6.07) is 16.3. The molecule has 0 aliphatic carbocycles. The molecule has 142 valence electrons. The third kappa shape index (κ3) is 4.54. The number of rotatable bonds is 5. The zero-order chi connectivity index (χ0) is 19.9. The molecule has 2 N–H and O–H groups in total. The van der Waals surface area contributed by atoms with E-state index in [4.69, 9.17) is 5.26 Å². The maximum atomic E-state index is 14.0. The molecule has 0 unspecified atom stereocenters. The normalized spacial score (nSPS) is 11.1. The number of nitrogens with zero attached hydrogens (tertiary/aromatic N) is 4. The molecule has 28 heavy (non-hydrogen) atoms. The molecule has 1 heterocycles. The van der Waals surface area contributed by atoms with Gasteiger partial charge >= 0.3 is 0 Å². The maximum absolute atomic E-state index is 14.0. The Labute approximate surface area is 163 Å². The van der Waals surface area contributed by atoms with Crippen molar-refractivity contribution < 1.29 is 4.39 Å². The molecule has 0 bridgehead atoms. The van der Waals surface area contributed by atoms with E-state index < -0.39 is 0 Å². The van der Waals surface area contributed by atoms with Crippen LogP contribution < -0.4 is 5.32 Å². The van der Waals surface area contributed by atoms with Crippen LogP contribution >= 0.6 is 0 Å². The summed E-state index contributed by atoms with van der Waals surface area (Å²) in [4.78, 5) is 13.9. The van der Waals surface area contributed by atoms with Crippen molar-refractivity contribution in [2.45, 2.75) is 13.1 Å². The molecule has 0 fully saturated rings. The number of aromatic nitrogens is 2. The van der Waals surface area contributed by atoms with E-state index in [0.29, 0.717) is 23.6 Å². The largest absolute Gasteiger partial charge is 0.352 e. The standard InChI is InChI=1S/C21H21FN6/c1-24-21(26-12-17-10-15(11-23)8-9-18(17)22)28(2)14-20-25-13-19(27-20)16-6-4-3-5-7-16/h3-10,13H,12,14H2,1-2H3,(H,24,26)(H,25,27). The molecule has 1 aromatic heterocycles. The number of H-pyrrole nitrogens is 1. The van der Waals surface area contributed by atoms with Crippen LogP contribution in [-0.4, -0.2) is 34.9 Å². The summed E-state index contributed by atoms with van der Waals surface area (Å²) in [5.41, 5.74) is 2.85. The number of imidazole rings is 1. The summed E-state index contributed by atoms with van der Waals surface area (Å²) in [5.74, 6) is 1.03. The molecule has 0 radical (unpaired) electrons. The SMILES string of the molecule is CN=C(NCc1cc(C#N)ccc1F)N(C)Cc1ncc(-c2ccccc2)[nH]1. The smallest absolute Gasteiger partial charge is 0.194 e. The van der Waals surface area contributed by atoms with Gasteiger partial charge < -0.3 is 15.2 Å². The Balaban J connectivity index is 1.64. The zero-order valence-electron chi connectivity index (χ0n) is 15.8. The number of aliphatic imine (C=N–C) groups is 1. The lowest BCUT2D eigenvalue weighted by molar-refractivity contribution is 0.462. The Kier molecular flexibility index (Phi) is 6.02. The van der Waals surface area contributed by atoms with Crippen molar-refractivity contribution in [1.29, 1.82) is 5.26 Å². The summed E-state index contributed by atoms with van der Waals surface area (Å²) < 4.78 is 14.0. The van der Waals surface area contributed by atoms with Gasteiger partial charge in [-0.1, -0.05) is 30.3 Å². The Morgan fingerprint density at radius 1 is 1.29 bits per heavy atom. The van der Waals surface area contributed by atoms with Crippen molar-refractivity contribution in [2.24, 2.45) is 4.99 Å². The lowest BCUT2D eigenvalue weighted by Gasteiger charge is -2.21. The number of guanidine groups is 1. The maximum Gasteiger partial charge on any atom is 0.194 e. The highest BCUT2D eigenvalue weighted by Gasteiger charge is 2.11. The van der Waals surface area contributed by atoms with Crippen molar-refractivity contribution in [3.8, 4) is 17.3 Å². The van der Waals surface area contributed by atoms with E-state index in [0.717, 1.165) is 17.1 Å². The molecule has 3 rings (SSSR count). The van der Waals surface area contributed by atoms with Crippen LogP contribution in [-0.2, 0) is 13.1 Å². The molecule has 0 aliphatic rings. The molecule has 0 atom stereocenters. The van der Waals surface area contributed by atoms with Gasteiger partial charge in [-0.2, -0.15) is 5.26 Å². The molecule has 0 aliphatic heterocycles. The van der Waals surface area contributed by atoms with Gasteiger partial charge in [-0.3, -0.25) is 4.99 Å². The van der Waals surface area contributed by atoms with Crippen molar-refractivity contribution in [2.75, 3.05) is 14.1 Å². The van der Waals surface area contributed by atoms with Gasteiger partial charge in [-0.25, -0.2) is 9.37 Å². The van der Waals surface area contributed by atoms with Gasteiger partial charge in [-0.15, -0.1) is 0 Å². The van der Waals surface area contributed by atoms with E-state index in [1.165, 1.54) is 18.2 Å². The molecule has 3 aromatic rings. The summed E-state index contributed by atoms with van der Waals surface area (Å²) in [5, 5.41) is 12.1. The van der Waals surface area contributed by atoms with Crippen LogP contribution in [0.4, 0.5) is 4.39 Å². The fourth-order valence-electron chi connectivity index (χ4n) is 2.85. The van der Waals surface area contributed by atoms with Crippen molar-refractivity contribution in [1.82, 2.24) is 20.2 Å². The number of nitrogens with one attached hydrogen (secondary N) is 2. The Morgan fingerprint density at radius 3 is 2.79 bits per heavy atom. The van der Waals surface area contributed by atoms with Gasteiger partial charge in [0.25, 0.3) is 0 Å². The third-order valence-corrected chi connectivity index (χ3v) is 4.29. The molecule has 2 aromatic carbocycles. The van der Waals surface area contributed by atoms with Crippen LogP contribution in [0.3, 0.4) is 0 Å². The minimum Gasteiger partial charge on any atom is -0.352 e. The average molecular weight is 376 g/mol. The lowest BCUT2D eigenvalue weighted by Crippen LogP contribution is -2.38. The summed E-state index contributed by atoms with van der Waals surface area (Å²) >= 11 is 0. The average Bonchev–Trinajstić information content (AvgIpc) is 3.19. The van der Waals surface area contributed by atoms with Crippen LogP contribution in [0.25, 0.3) is 11.3 Å². The molecule has 0 saturated carbocycles. The minimum atomic E-state index is -0.358. The fraction of sp³-hybridized carbons (Fsp3) is 0.190. The molecular formula is C21H21FN6. The first-order valence-corrected chi connectivity index (χ1v) is 8.80. The Hall–Kier alpha value is -3.66. The van der Waals surface area contributed by atoms with Gasteiger partial charge in [-0.05, 0) is 23.8 Å². The van der Waals surface area contributed by atoms with E-state index in [9.17, 15) is 4.39 Å². The highest BCUT2D eigenvalue weighted by molar-refractivity contribution is 5.79. The predicted molar refractivity (Wildman–Crippen MR) is 107 cm³/mol. The second-order valence-electron chi connectivity index (χ2n) is 6.28. The number of hydrogen-bond donors (Lipinski definition) is 2.